The van der Waals surface area contributed by atoms with Crippen molar-refractivity contribution in [1.29, 1.82) is 0 Å². The van der Waals surface area contributed by atoms with Gasteiger partial charge in [0.05, 0.1) is 5.75 Å². The summed E-state index contributed by atoms with van der Waals surface area (Å²) in [6, 6.07) is 10.0. The Morgan fingerprint density at radius 2 is 2.22 bits per heavy atom. The molecular formula is C14H20N2OS. The first-order valence-corrected chi connectivity index (χ1v) is 7.48. The van der Waals surface area contributed by atoms with Gasteiger partial charge in [-0.25, -0.2) is 0 Å². The second kappa shape index (κ2) is 7.44. The van der Waals surface area contributed by atoms with Gasteiger partial charge in [-0.2, -0.15) is 0 Å². The van der Waals surface area contributed by atoms with Crippen molar-refractivity contribution < 1.29 is 4.79 Å². The van der Waals surface area contributed by atoms with E-state index in [2.05, 4.69) is 10.6 Å². The number of carbonyl (C=O) groups is 1. The summed E-state index contributed by atoms with van der Waals surface area (Å²) in [7, 11) is 0. The summed E-state index contributed by atoms with van der Waals surface area (Å²) in [6.45, 7) is 3.04. The van der Waals surface area contributed by atoms with Gasteiger partial charge in [-0.15, -0.1) is 11.8 Å². The van der Waals surface area contributed by atoms with Crippen LogP contribution in [0.2, 0.25) is 0 Å². The molecule has 18 heavy (non-hydrogen) atoms. The normalized spacial score (nSPS) is 18.8. The highest BCUT2D eigenvalue weighted by Crippen LogP contribution is 2.16. The Morgan fingerprint density at radius 1 is 1.39 bits per heavy atom. The first-order chi connectivity index (χ1) is 8.84. The smallest absolute Gasteiger partial charge is 0.230 e. The van der Waals surface area contributed by atoms with Crippen molar-refractivity contribution in [2.24, 2.45) is 5.92 Å². The van der Waals surface area contributed by atoms with E-state index in [1.54, 1.807) is 11.8 Å². The first kappa shape index (κ1) is 13.4. The van der Waals surface area contributed by atoms with Crippen LogP contribution in [0.3, 0.4) is 0 Å². The molecule has 1 fully saturated rings. The van der Waals surface area contributed by atoms with Gasteiger partial charge in [-0.05, 0) is 44.0 Å². The van der Waals surface area contributed by atoms with Crippen LogP contribution in [0.25, 0.3) is 0 Å². The highest BCUT2D eigenvalue weighted by atomic mass is 32.2. The molecule has 1 aliphatic rings. The van der Waals surface area contributed by atoms with Crippen molar-refractivity contribution in [3.63, 3.8) is 0 Å². The number of nitrogens with one attached hydrogen (secondary N) is 2. The molecule has 0 bridgehead atoms. The molecule has 1 unspecified atom stereocenters. The third kappa shape index (κ3) is 4.70. The number of thioether (sulfide) groups is 1. The van der Waals surface area contributed by atoms with Gasteiger partial charge in [0.25, 0.3) is 0 Å². The van der Waals surface area contributed by atoms with E-state index in [4.69, 9.17) is 0 Å². The van der Waals surface area contributed by atoms with Crippen molar-refractivity contribution in [1.82, 2.24) is 10.6 Å². The van der Waals surface area contributed by atoms with Gasteiger partial charge in [-0.3, -0.25) is 4.79 Å². The average Bonchev–Trinajstić information content (AvgIpc) is 2.91. The number of amides is 1. The number of hydrogen-bond acceptors (Lipinski definition) is 3. The minimum Gasteiger partial charge on any atom is -0.355 e. The molecule has 1 aromatic carbocycles. The number of hydrogen-bond donors (Lipinski definition) is 2. The van der Waals surface area contributed by atoms with E-state index < -0.39 is 0 Å². The number of carbonyl (C=O) groups excluding carboxylic acids is 1. The van der Waals surface area contributed by atoms with Crippen LogP contribution in [0.15, 0.2) is 35.2 Å². The summed E-state index contributed by atoms with van der Waals surface area (Å²) < 4.78 is 0. The van der Waals surface area contributed by atoms with Crippen LogP contribution in [0.5, 0.6) is 0 Å². The molecular weight excluding hydrogens is 244 g/mol. The van der Waals surface area contributed by atoms with E-state index in [0.29, 0.717) is 5.75 Å². The highest BCUT2D eigenvalue weighted by Gasteiger charge is 2.13. The van der Waals surface area contributed by atoms with Crippen LogP contribution >= 0.6 is 11.8 Å². The molecule has 1 atom stereocenters. The fraction of sp³-hybridized carbons (Fsp3) is 0.500. The molecule has 0 saturated carbocycles. The largest absolute Gasteiger partial charge is 0.355 e. The maximum atomic E-state index is 11.6. The zero-order valence-electron chi connectivity index (χ0n) is 10.5. The topological polar surface area (TPSA) is 41.1 Å². The van der Waals surface area contributed by atoms with Crippen molar-refractivity contribution in [2.75, 3.05) is 25.4 Å². The molecule has 0 radical (unpaired) electrons. The van der Waals surface area contributed by atoms with Gasteiger partial charge in [-0.1, -0.05) is 18.2 Å². The second-order valence-electron chi connectivity index (χ2n) is 4.60. The number of rotatable bonds is 6. The fourth-order valence-electron chi connectivity index (χ4n) is 2.09. The lowest BCUT2D eigenvalue weighted by Crippen LogP contribution is -2.27. The van der Waals surface area contributed by atoms with E-state index in [9.17, 15) is 4.79 Å². The van der Waals surface area contributed by atoms with Gasteiger partial charge in [0.1, 0.15) is 0 Å². The molecule has 0 aromatic heterocycles. The Morgan fingerprint density at radius 3 is 2.94 bits per heavy atom. The summed E-state index contributed by atoms with van der Waals surface area (Å²) in [5.41, 5.74) is 0. The molecule has 1 aromatic rings. The summed E-state index contributed by atoms with van der Waals surface area (Å²) >= 11 is 1.59. The zero-order valence-corrected chi connectivity index (χ0v) is 11.3. The van der Waals surface area contributed by atoms with Crippen LogP contribution in [-0.2, 0) is 4.79 Å². The molecule has 1 aliphatic heterocycles. The Hall–Kier alpha value is -1.00. The van der Waals surface area contributed by atoms with Gasteiger partial charge < -0.3 is 10.6 Å². The standard InChI is InChI=1S/C14H20N2OS/c17-14(11-18-13-4-2-1-3-5-13)16-9-7-12-6-8-15-10-12/h1-5,12,15H,6-11H2,(H,16,17). The van der Waals surface area contributed by atoms with Crippen molar-refractivity contribution in [3.05, 3.63) is 30.3 Å². The van der Waals surface area contributed by atoms with Crippen molar-refractivity contribution in [2.45, 2.75) is 17.7 Å². The van der Waals surface area contributed by atoms with Gasteiger partial charge in [0, 0.05) is 11.4 Å². The molecule has 0 spiro atoms. The summed E-state index contributed by atoms with van der Waals surface area (Å²) in [5.74, 6) is 1.38. The molecule has 98 valence electrons. The van der Waals surface area contributed by atoms with E-state index in [1.807, 2.05) is 30.3 Å². The van der Waals surface area contributed by atoms with Gasteiger partial charge >= 0.3 is 0 Å². The third-order valence-corrected chi connectivity index (χ3v) is 4.16. The van der Waals surface area contributed by atoms with E-state index in [-0.39, 0.29) is 5.91 Å². The predicted molar refractivity (Wildman–Crippen MR) is 75.8 cm³/mol. The third-order valence-electron chi connectivity index (χ3n) is 3.15. The Balaban J connectivity index is 1.57. The summed E-state index contributed by atoms with van der Waals surface area (Å²) in [4.78, 5) is 12.8. The molecule has 3 nitrogen and oxygen atoms in total. The predicted octanol–water partition coefficient (Wildman–Crippen LogP) is 1.89. The monoisotopic (exact) mass is 264 g/mol. The summed E-state index contributed by atoms with van der Waals surface area (Å²) in [6.07, 6.45) is 2.34. The number of benzene rings is 1. The summed E-state index contributed by atoms with van der Waals surface area (Å²) in [5, 5.41) is 6.33. The lowest BCUT2D eigenvalue weighted by Gasteiger charge is -2.09. The van der Waals surface area contributed by atoms with E-state index in [0.717, 1.165) is 36.9 Å². The second-order valence-corrected chi connectivity index (χ2v) is 5.65. The molecule has 2 N–H and O–H groups in total. The zero-order chi connectivity index (χ0) is 12.6. The Labute approximate surface area is 113 Å². The van der Waals surface area contributed by atoms with Gasteiger partial charge in [0.2, 0.25) is 5.91 Å². The van der Waals surface area contributed by atoms with Crippen LogP contribution in [0.1, 0.15) is 12.8 Å². The van der Waals surface area contributed by atoms with Crippen LogP contribution in [-0.4, -0.2) is 31.3 Å². The van der Waals surface area contributed by atoms with Crippen LogP contribution in [0, 0.1) is 5.92 Å². The quantitative estimate of drug-likeness (QED) is 0.771. The van der Waals surface area contributed by atoms with E-state index >= 15 is 0 Å². The van der Waals surface area contributed by atoms with Crippen LogP contribution in [0.4, 0.5) is 0 Å². The van der Waals surface area contributed by atoms with Crippen LogP contribution < -0.4 is 10.6 Å². The molecule has 1 heterocycles. The maximum absolute atomic E-state index is 11.6. The Kier molecular flexibility index (Phi) is 5.55. The van der Waals surface area contributed by atoms with Crippen molar-refractivity contribution in [3.8, 4) is 0 Å². The highest BCUT2D eigenvalue weighted by molar-refractivity contribution is 8.00. The van der Waals surface area contributed by atoms with E-state index in [1.165, 1.54) is 6.42 Å². The lowest BCUT2D eigenvalue weighted by atomic mass is 10.1. The minimum atomic E-state index is 0.134. The fourth-order valence-corrected chi connectivity index (χ4v) is 2.84. The molecule has 0 aliphatic carbocycles. The van der Waals surface area contributed by atoms with Gasteiger partial charge in [0.15, 0.2) is 0 Å². The SMILES string of the molecule is O=C(CSc1ccccc1)NCCC1CCNC1. The average molecular weight is 264 g/mol. The molecule has 4 heteroatoms. The lowest BCUT2D eigenvalue weighted by molar-refractivity contribution is -0.118. The molecule has 2 rings (SSSR count). The molecule has 1 saturated heterocycles. The first-order valence-electron chi connectivity index (χ1n) is 6.50. The minimum absolute atomic E-state index is 0.134. The molecule has 1 amide bonds. The maximum Gasteiger partial charge on any atom is 0.230 e. The Bertz CT molecular complexity index is 363. The van der Waals surface area contributed by atoms with Crippen molar-refractivity contribution >= 4 is 17.7 Å².